The number of rotatable bonds is 22. The smallest absolute Gasteiger partial charge is 0.354 e. The van der Waals surface area contributed by atoms with E-state index in [9.17, 15) is 44.4 Å². The summed E-state index contributed by atoms with van der Waals surface area (Å²) in [6, 6.07) is 9.37. The molecular weight excluding hydrogens is 985 g/mol. The highest BCUT2D eigenvalue weighted by molar-refractivity contribution is 5.98. The summed E-state index contributed by atoms with van der Waals surface area (Å²) in [4.78, 5) is 93.3. The second-order valence-electron chi connectivity index (χ2n) is 18.9. The Bertz CT molecular complexity index is 3140. The first kappa shape index (κ1) is 56.0. The fourth-order valence-corrected chi connectivity index (χ4v) is 9.62. The lowest BCUT2D eigenvalue weighted by Gasteiger charge is -2.25. The standard InChI is InChI=1S/C54H64N8O14/c1-29-44(50(63)56-13-11-9-8-10-12-55)32(4)73-47(29)35-20-38(57-41(23-35)51(64)65)26-60-14-15-61(27-39-21-36(24-42(58-39)52(66)67)48-30(2)45(54(70)71)33(5)74-48)17-19-62(18-16-60)28-40-22-37(25-43(59-40)53(68)69)49-31(3)46(76-72-7)34(6)75-49/h20-25H,8-19,26-28,55H2,1-7H3,(H,56,63)(H,64,65)(H,66,67)(H,68,69)(H,70,71). The second-order valence-corrected chi connectivity index (χ2v) is 18.9. The summed E-state index contributed by atoms with van der Waals surface area (Å²) in [5, 5.41) is 43.6. The number of carboxylic acids is 4. The highest BCUT2D eigenvalue weighted by Crippen LogP contribution is 2.38. The Morgan fingerprint density at radius 2 is 0.921 bits per heavy atom. The second kappa shape index (κ2) is 24.7. The number of nitrogens with two attached hydrogens (primary N) is 1. The minimum Gasteiger partial charge on any atom is -0.478 e. The average Bonchev–Trinajstić information content (AvgIpc) is 4.00. The van der Waals surface area contributed by atoms with Gasteiger partial charge >= 0.3 is 23.9 Å². The van der Waals surface area contributed by atoms with Gasteiger partial charge in [0, 0.05) is 98.8 Å². The molecule has 0 aliphatic carbocycles. The number of nitrogens with one attached hydrogen (secondary N) is 1. The van der Waals surface area contributed by atoms with E-state index in [2.05, 4.69) is 35.0 Å². The Hall–Kier alpha value is -7.76. The molecular formula is C54H64N8O14. The molecule has 1 aliphatic rings. The molecule has 0 saturated carbocycles. The lowest BCUT2D eigenvalue weighted by Crippen LogP contribution is -2.36. The van der Waals surface area contributed by atoms with Gasteiger partial charge in [0.05, 0.1) is 29.8 Å². The first-order chi connectivity index (χ1) is 36.3. The fraction of sp³-hybridized carbons (Fsp3) is 0.407. The molecule has 6 aromatic rings. The van der Waals surface area contributed by atoms with Gasteiger partial charge in [-0.05, 0) is 97.3 Å². The third-order valence-electron chi connectivity index (χ3n) is 13.4. The van der Waals surface area contributed by atoms with Gasteiger partial charge in [-0.1, -0.05) is 12.8 Å². The Morgan fingerprint density at radius 1 is 0.539 bits per heavy atom. The number of hydrogen-bond acceptors (Lipinski definition) is 17. The van der Waals surface area contributed by atoms with Crippen LogP contribution in [0, 0.1) is 41.5 Å². The zero-order chi connectivity index (χ0) is 55.0. The quantitative estimate of drug-likeness (QED) is 0.0221. The van der Waals surface area contributed by atoms with Gasteiger partial charge in [-0.3, -0.25) is 19.5 Å². The number of furan rings is 3. The number of aryl methyl sites for hydroxylation is 3. The zero-order valence-corrected chi connectivity index (χ0v) is 43.7. The van der Waals surface area contributed by atoms with Crippen LogP contribution in [0.5, 0.6) is 5.75 Å². The van der Waals surface area contributed by atoms with Crippen LogP contribution in [0.15, 0.2) is 49.6 Å². The van der Waals surface area contributed by atoms with E-state index in [4.69, 9.17) is 28.8 Å². The van der Waals surface area contributed by atoms with Crippen molar-refractivity contribution in [2.75, 3.05) is 59.5 Å². The maximum atomic E-state index is 13.4. The molecule has 7 N–H and O–H groups in total. The molecule has 1 saturated heterocycles. The van der Waals surface area contributed by atoms with Crippen molar-refractivity contribution in [2.24, 2.45) is 5.73 Å². The van der Waals surface area contributed by atoms with E-state index < -0.39 is 23.9 Å². The van der Waals surface area contributed by atoms with E-state index in [0.717, 1.165) is 25.7 Å². The molecule has 0 spiro atoms. The van der Waals surface area contributed by atoms with Crippen LogP contribution in [0.25, 0.3) is 34.0 Å². The minimum atomic E-state index is -1.29. The monoisotopic (exact) mass is 1050 g/mol. The van der Waals surface area contributed by atoms with E-state index >= 15 is 0 Å². The number of hydrogen-bond donors (Lipinski definition) is 6. The van der Waals surface area contributed by atoms with E-state index in [-0.39, 0.29) is 59.7 Å². The van der Waals surface area contributed by atoms with E-state index in [1.807, 2.05) is 0 Å². The molecule has 0 aromatic carbocycles. The highest BCUT2D eigenvalue weighted by atomic mass is 17.2. The van der Waals surface area contributed by atoms with Crippen molar-refractivity contribution in [3.05, 3.63) is 116 Å². The summed E-state index contributed by atoms with van der Waals surface area (Å²) in [6.07, 6.45) is 3.61. The Kier molecular flexibility index (Phi) is 18.2. The summed E-state index contributed by atoms with van der Waals surface area (Å²) >= 11 is 0. The molecule has 76 heavy (non-hydrogen) atoms. The Labute approximate surface area is 438 Å². The Morgan fingerprint density at radius 3 is 1.30 bits per heavy atom. The summed E-state index contributed by atoms with van der Waals surface area (Å²) in [7, 11) is 1.37. The van der Waals surface area contributed by atoms with Crippen LogP contribution in [-0.2, 0) is 24.5 Å². The first-order valence-corrected chi connectivity index (χ1v) is 24.9. The Balaban J connectivity index is 1.22. The van der Waals surface area contributed by atoms with E-state index in [0.29, 0.717) is 137 Å². The van der Waals surface area contributed by atoms with Crippen LogP contribution in [0.3, 0.4) is 0 Å². The molecule has 404 valence electrons. The molecule has 7 heterocycles. The molecule has 22 heteroatoms. The van der Waals surface area contributed by atoms with Crippen LogP contribution in [0.2, 0.25) is 0 Å². The number of carbonyl (C=O) groups is 5. The fourth-order valence-electron chi connectivity index (χ4n) is 9.62. The summed E-state index contributed by atoms with van der Waals surface area (Å²) in [5.41, 5.74) is 9.21. The SMILES string of the molecule is COOc1c(C)oc(-c2cc(CN3CCN(Cc4cc(-c5oc(C)c(C(=O)O)c5C)cc(C(=O)O)n4)CCN(Cc4cc(-c5oc(C)c(C(=O)NCCCCCCN)c5C)cc(C(=O)O)n4)CC3)nc(C(=O)O)c2)c1C. The van der Waals surface area contributed by atoms with Gasteiger partial charge < -0.3 is 49.6 Å². The number of carboxylic acid groups (broad SMARTS) is 4. The molecule has 1 aliphatic heterocycles. The van der Waals surface area contributed by atoms with Crippen LogP contribution >= 0.6 is 0 Å². The number of aromatic carboxylic acids is 4. The largest absolute Gasteiger partial charge is 0.478 e. The van der Waals surface area contributed by atoms with Crippen LogP contribution in [0.1, 0.15) is 129 Å². The molecule has 0 unspecified atom stereocenters. The molecule has 0 radical (unpaired) electrons. The number of unbranched alkanes of at least 4 members (excludes halogenated alkanes) is 3. The van der Waals surface area contributed by atoms with Crippen molar-refractivity contribution in [2.45, 2.75) is 86.9 Å². The van der Waals surface area contributed by atoms with Gasteiger partial charge in [0.15, 0.2) is 0 Å². The van der Waals surface area contributed by atoms with E-state index in [1.54, 1.807) is 52.8 Å². The van der Waals surface area contributed by atoms with Gasteiger partial charge in [-0.25, -0.2) is 34.1 Å². The van der Waals surface area contributed by atoms with Crippen molar-refractivity contribution in [3.63, 3.8) is 0 Å². The summed E-state index contributed by atoms with van der Waals surface area (Å²) < 4.78 is 18.2. The van der Waals surface area contributed by atoms with Gasteiger partial charge in [0.2, 0.25) is 5.75 Å². The topological polar surface area (TPSA) is 311 Å². The number of aromatic nitrogens is 3. The molecule has 6 aromatic heterocycles. The number of pyridine rings is 3. The average molecular weight is 1050 g/mol. The zero-order valence-electron chi connectivity index (χ0n) is 43.7. The highest BCUT2D eigenvalue weighted by Gasteiger charge is 2.28. The molecule has 1 amide bonds. The maximum Gasteiger partial charge on any atom is 0.354 e. The minimum absolute atomic E-state index is 0.0156. The van der Waals surface area contributed by atoms with Gasteiger partial charge in [0.1, 0.15) is 57.2 Å². The molecule has 1 fully saturated rings. The number of carbonyl (C=O) groups excluding carboxylic acids is 1. The van der Waals surface area contributed by atoms with Crippen molar-refractivity contribution < 1.29 is 67.4 Å². The van der Waals surface area contributed by atoms with Gasteiger partial charge in [0.25, 0.3) is 5.91 Å². The van der Waals surface area contributed by atoms with Crippen molar-refractivity contribution >= 4 is 29.8 Å². The molecule has 0 bridgehead atoms. The van der Waals surface area contributed by atoms with Gasteiger partial charge in [-0.2, -0.15) is 4.89 Å². The first-order valence-electron chi connectivity index (χ1n) is 24.9. The van der Waals surface area contributed by atoms with Crippen molar-refractivity contribution in [1.82, 2.24) is 35.0 Å². The normalized spacial score (nSPS) is 13.8. The third-order valence-corrected chi connectivity index (χ3v) is 13.4. The van der Waals surface area contributed by atoms with Crippen molar-refractivity contribution in [3.8, 4) is 39.7 Å². The summed E-state index contributed by atoms with van der Waals surface area (Å²) in [6.45, 7) is 14.2. The van der Waals surface area contributed by atoms with Crippen molar-refractivity contribution in [1.29, 1.82) is 0 Å². The lowest BCUT2D eigenvalue weighted by molar-refractivity contribution is -0.179. The molecule has 7 rings (SSSR count). The maximum absolute atomic E-state index is 13.4. The van der Waals surface area contributed by atoms with Crippen LogP contribution < -0.4 is 15.9 Å². The third kappa shape index (κ3) is 13.2. The molecule has 0 atom stereocenters. The predicted octanol–water partition coefficient (Wildman–Crippen LogP) is 7.30. The number of amides is 1. The van der Waals surface area contributed by atoms with Gasteiger partial charge in [-0.15, -0.1) is 0 Å². The molecule has 22 nitrogen and oxygen atoms in total. The van der Waals surface area contributed by atoms with E-state index in [1.165, 1.54) is 32.2 Å². The number of nitrogens with zero attached hydrogens (tertiary/aromatic N) is 6. The lowest BCUT2D eigenvalue weighted by atomic mass is 10.0. The van der Waals surface area contributed by atoms with Crippen LogP contribution in [0.4, 0.5) is 0 Å². The summed E-state index contributed by atoms with van der Waals surface area (Å²) in [5.74, 6) is -2.99. The van der Waals surface area contributed by atoms with Crippen LogP contribution in [-0.4, -0.2) is 139 Å². The predicted molar refractivity (Wildman–Crippen MR) is 275 cm³/mol.